The highest BCUT2D eigenvalue weighted by Crippen LogP contribution is 2.31. The summed E-state index contributed by atoms with van der Waals surface area (Å²) in [5.74, 6) is 1.30. The zero-order chi connectivity index (χ0) is 23.0. The van der Waals surface area contributed by atoms with Crippen molar-refractivity contribution >= 4 is 5.91 Å². The number of methoxy groups -OCH3 is 2. The third-order valence-corrected chi connectivity index (χ3v) is 5.44. The van der Waals surface area contributed by atoms with E-state index in [9.17, 15) is 4.79 Å². The predicted molar refractivity (Wildman–Crippen MR) is 129 cm³/mol. The summed E-state index contributed by atoms with van der Waals surface area (Å²) in [5.41, 5.74) is 4.73. The molecule has 6 heteroatoms. The zero-order valence-electron chi connectivity index (χ0n) is 18.8. The van der Waals surface area contributed by atoms with Gasteiger partial charge in [0.05, 0.1) is 25.6 Å². The highest BCUT2D eigenvalue weighted by molar-refractivity contribution is 5.76. The first kappa shape index (κ1) is 22.1. The van der Waals surface area contributed by atoms with Crippen LogP contribution in [0.4, 0.5) is 0 Å². The lowest BCUT2D eigenvalue weighted by atomic mass is 10.1. The summed E-state index contributed by atoms with van der Waals surface area (Å²) >= 11 is 0. The minimum atomic E-state index is -0.0358. The van der Waals surface area contributed by atoms with E-state index >= 15 is 0 Å². The Kier molecular flexibility index (Phi) is 7.05. The molecule has 0 saturated heterocycles. The van der Waals surface area contributed by atoms with Crippen molar-refractivity contribution in [3.63, 3.8) is 0 Å². The summed E-state index contributed by atoms with van der Waals surface area (Å²) in [6, 6.07) is 25.6. The van der Waals surface area contributed by atoms with Gasteiger partial charge in [-0.3, -0.25) is 4.79 Å². The Balaban J connectivity index is 1.48. The number of rotatable bonds is 9. The third-order valence-electron chi connectivity index (χ3n) is 5.44. The second-order valence-electron chi connectivity index (χ2n) is 7.58. The molecule has 168 valence electrons. The lowest BCUT2D eigenvalue weighted by molar-refractivity contribution is -0.121. The van der Waals surface area contributed by atoms with Gasteiger partial charge in [-0.15, -0.1) is 0 Å². The van der Waals surface area contributed by atoms with Gasteiger partial charge < -0.3 is 14.8 Å². The van der Waals surface area contributed by atoms with Crippen LogP contribution in [0.2, 0.25) is 0 Å². The molecule has 1 aromatic heterocycles. The summed E-state index contributed by atoms with van der Waals surface area (Å²) in [6.07, 6.45) is 2.88. The van der Waals surface area contributed by atoms with Crippen LogP contribution in [-0.4, -0.2) is 29.9 Å². The van der Waals surface area contributed by atoms with Gasteiger partial charge in [0.1, 0.15) is 0 Å². The SMILES string of the molecule is COc1cccc(CCC(=O)NCc2cn(-c3ccccc3)nc2-c2ccccc2)c1OC. The Bertz CT molecular complexity index is 1200. The first-order chi connectivity index (χ1) is 16.2. The monoisotopic (exact) mass is 441 g/mol. The molecule has 0 bridgehead atoms. The molecule has 1 amide bonds. The summed E-state index contributed by atoms with van der Waals surface area (Å²) < 4.78 is 12.7. The van der Waals surface area contributed by atoms with Crippen LogP contribution in [0.15, 0.2) is 85.1 Å². The molecule has 6 nitrogen and oxygen atoms in total. The van der Waals surface area contributed by atoms with Crippen LogP contribution in [0.3, 0.4) is 0 Å². The van der Waals surface area contributed by atoms with Crippen LogP contribution in [0.1, 0.15) is 17.5 Å². The fourth-order valence-electron chi connectivity index (χ4n) is 3.77. The molecule has 33 heavy (non-hydrogen) atoms. The number of hydrogen-bond donors (Lipinski definition) is 1. The molecule has 0 fully saturated rings. The van der Waals surface area contributed by atoms with Crippen molar-refractivity contribution in [1.29, 1.82) is 0 Å². The molecular formula is C27H27N3O3. The number of ether oxygens (including phenoxy) is 2. The highest BCUT2D eigenvalue weighted by Gasteiger charge is 2.15. The van der Waals surface area contributed by atoms with Gasteiger partial charge in [-0.05, 0) is 30.2 Å². The van der Waals surface area contributed by atoms with E-state index in [2.05, 4.69) is 5.32 Å². The van der Waals surface area contributed by atoms with Gasteiger partial charge in [0, 0.05) is 30.3 Å². The Morgan fingerprint density at radius 2 is 1.61 bits per heavy atom. The first-order valence-corrected chi connectivity index (χ1v) is 10.9. The number of nitrogens with one attached hydrogen (secondary N) is 1. The Labute approximate surface area is 193 Å². The van der Waals surface area contributed by atoms with Crippen LogP contribution < -0.4 is 14.8 Å². The van der Waals surface area contributed by atoms with E-state index in [0.717, 1.165) is 28.1 Å². The maximum Gasteiger partial charge on any atom is 0.220 e. The van der Waals surface area contributed by atoms with E-state index in [1.54, 1.807) is 14.2 Å². The van der Waals surface area contributed by atoms with Crippen molar-refractivity contribution in [1.82, 2.24) is 15.1 Å². The maximum absolute atomic E-state index is 12.7. The van der Waals surface area contributed by atoms with Gasteiger partial charge in [0.2, 0.25) is 5.91 Å². The molecule has 0 aliphatic heterocycles. The summed E-state index contributed by atoms with van der Waals surface area (Å²) in [5, 5.41) is 7.84. The second kappa shape index (κ2) is 10.5. The molecule has 0 aliphatic rings. The van der Waals surface area contributed by atoms with Gasteiger partial charge in [-0.25, -0.2) is 4.68 Å². The van der Waals surface area contributed by atoms with E-state index in [1.807, 2.05) is 89.7 Å². The molecule has 0 atom stereocenters. The Morgan fingerprint density at radius 1 is 0.879 bits per heavy atom. The number of amides is 1. The van der Waals surface area contributed by atoms with Gasteiger partial charge >= 0.3 is 0 Å². The highest BCUT2D eigenvalue weighted by atomic mass is 16.5. The fraction of sp³-hybridized carbons (Fsp3) is 0.185. The second-order valence-corrected chi connectivity index (χ2v) is 7.58. The van der Waals surface area contributed by atoms with E-state index in [1.165, 1.54) is 0 Å². The van der Waals surface area contributed by atoms with E-state index in [0.29, 0.717) is 30.9 Å². The molecule has 1 N–H and O–H groups in total. The molecule has 1 heterocycles. The Morgan fingerprint density at radius 3 is 2.30 bits per heavy atom. The average Bonchev–Trinajstić information content (AvgIpc) is 3.31. The number of para-hydroxylation sites is 2. The summed E-state index contributed by atoms with van der Waals surface area (Å²) in [7, 11) is 3.21. The van der Waals surface area contributed by atoms with Crippen LogP contribution in [0.25, 0.3) is 16.9 Å². The fourth-order valence-corrected chi connectivity index (χ4v) is 3.77. The maximum atomic E-state index is 12.7. The summed E-state index contributed by atoms with van der Waals surface area (Å²) in [6.45, 7) is 0.394. The quantitative estimate of drug-likeness (QED) is 0.405. The van der Waals surface area contributed by atoms with E-state index < -0.39 is 0 Å². The smallest absolute Gasteiger partial charge is 0.220 e. The Hall–Kier alpha value is -4.06. The molecule has 3 aromatic carbocycles. The van der Waals surface area contributed by atoms with Crippen LogP contribution in [0, 0.1) is 0 Å². The number of hydrogen-bond acceptors (Lipinski definition) is 4. The summed E-state index contributed by atoms with van der Waals surface area (Å²) in [4.78, 5) is 12.7. The number of nitrogens with zero attached hydrogens (tertiary/aromatic N) is 2. The van der Waals surface area contributed by atoms with Crippen molar-refractivity contribution in [3.8, 4) is 28.4 Å². The van der Waals surface area contributed by atoms with Crippen LogP contribution in [0.5, 0.6) is 11.5 Å². The predicted octanol–water partition coefficient (Wildman–Crippen LogP) is 4.81. The molecule has 0 spiro atoms. The van der Waals surface area contributed by atoms with Crippen molar-refractivity contribution in [2.24, 2.45) is 0 Å². The van der Waals surface area contributed by atoms with Crippen molar-refractivity contribution < 1.29 is 14.3 Å². The molecule has 0 saturated carbocycles. The van der Waals surface area contributed by atoms with E-state index in [-0.39, 0.29) is 5.91 Å². The van der Waals surface area contributed by atoms with E-state index in [4.69, 9.17) is 14.6 Å². The molecular weight excluding hydrogens is 414 g/mol. The normalized spacial score (nSPS) is 10.6. The molecule has 4 aromatic rings. The zero-order valence-corrected chi connectivity index (χ0v) is 18.8. The number of carbonyl (C=O) groups is 1. The standard InChI is InChI=1S/C27H27N3O3/c1-32-24-15-9-12-21(27(24)33-2)16-17-25(31)28-18-22-19-30(23-13-7-4-8-14-23)29-26(22)20-10-5-3-6-11-20/h3-15,19H,16-18H2,1-2H3,(H,28,31). The minimum Gasteiger partial charge on any atom is -0.493 e. The minimum absolute atomic E-state index is 0.0358. The lowest BCUT2D eigenvalue weighted by Gasteiger charge is -2.12. The van der Waals surface area contributed by atoms with Gasteiger partial charge in [0.25, 0.3) is 0 Å². The molecule has 0 radical (unpaired) electrons. The average molecular weight is 442 g/mol. The van der Waals surface area contributed by atoms with Crippen molar-refractivity contribution in [3.05, 3.63) is 96.2 Å². The van der Waals surface area contributed by atoms with Gasteiger partial charge in [0.15, 0.2) is 11.5 Å². The largest absolute Gasteiger partial charge is 0.493 e. The number of benzene rings is 3. The molecule has 0 unspecified atom stereocenters. The van der Waals surface area contributed by atoms with Gasteiger partial charge in [-0.1, -0.05) is 60.7 Å². The number of carbonyl (C=O) groups excluding carboxylic acids is 1. The van der Waals surface area contributed by atoms with Crippen LogP contribution in [-0.2, 0) is 17.8 Å². The van der Waals surface area contributed by atoms with Crippen LogP contribution >= 0.6 is 0 Å². The lowest BCUT2D eigenvalue weighted by Crippen LogP contribution is -2.23. The topological polar surface area (TPSA) is 65.4 Å². The van der Waals surface area contributed by atoms with Gasteiger partial charge in [-0.2, -0.15) is 5.10 Å². The molecule has 4 rings (SSSR count). The number of aromatic nitrogens is 2. The van der Waals surface area contributed by atoms with Crippen molar-refractivity contribution in [2.75, 3.05) is 14.2 Å². The van der Waals surface area contributed by atoms with Crippen molar-refractivity contribution in [2.45, 2.75) is 19.4 Å². The third kappa shape index (κ3) is 5.23. The first-order valence-electron chi connectivity index (χ1n) is 10.9. The molecule has 0 aliphatic carbocycles. The number of aryl methyl sites for hydroxylation is 1.